The van der Waals surface area contributed by atoms with E-state index in [9.17, 15) is 4.39 Å². The lowest BCUT2D eigenvalue weighted by atomic mass is 10.0. The maximum atomic E-state index is 13.3. The number of aromatic nitrogens is 1. The molecule has 2 N–H and O–H groups in total. The van der Waals surface area contributed by atoms with Crippen molar-refractivity contribution in [1.82, 2.24) is 4.98 Å². The highest BCUT2D eigenvalue weighted by Crippen LogP contribution is 2.30. The molecule has 0 aliphatic heterocycles. The van der Waals surface area contributed by atoms with Crippen molar-refractivity contribution in [3.8, 4) is 11.1 Å². The Balaban J connectivity index is 2.56. The van der Waals surface area contributed by atoms with E-state index in [0.29, 0.717) is 17.1 Å². The summed E-state index contributed by atoms with van der Waals surface area (Å²) in [5.41, 5.74) is 8.65. The molecule has 2 rings (SSSR count). The molecule has 1 aromatic heterocycles. The average molecular weight is 251 g/mol. The van der Waals surface area contributed by atoms with Gasteiger partial charge in [-0.3, -0.25) is 4.98 Å². The van der Waals surface area contributed by atoms with Crippen LogP contribution in [0.1, 0.15) is 11.1 Å². The van der Waals surface area contributed by atoms with E-state index in [4.69, 9.17) is 17.3 Å². The largest absolute Gasteiger partial charge is 0.326 e. The van der Waals surface area contributed by atoms with Crippen LogP contribution in [0.25, 0.3) is 11.1 Å². The minimum Gasteiger partial charge on any atom is -0.326 e. The van der Waals surface area contributed by atoms with E-state index in [-0.39, 0.29) is 5.82 Å². The lowest BCUT2D eigenvalue weighted by molar-refractivity contribution is 0.619. The highest BCUT2D eigenvalue weighted by Gasteiger charge is 2.08. The Morgan fingerprint density at radius 1 is 1.29 bits per heavy atom. The normalized spacial score (nSPS) is 10.6. The molecule has 0 saturated heterocycles. The molecule has 0 radical (unpaired) electrons. The van der Waals surface area contributed by atoms with Gasteiger partial charge in [0.1, 0.15) is 5.82 Å². The molecule has 0 bridgehead atoms. The summed E-state index contributed by atoms with van der Waals surface area (Å²) in [6, 6.07) is 4.95. The van der Waals surface area contributed by atoms with Crippen LogP contribution in [0, 0.1) is 12.7 Å². The van der Waals surface area contributed by atoms with Crippen molar-refractivity contribution in [3.63, 3.8) is 0 Å². The molecule has 0 spiro atoms. The molecule has 2 nitrogen and oxygen atoms in total. The Hall–Kier alpha value is -1.45. The first-order valence-electron chi connectivity index (χ1n) is 5.22. The molecule has 0 fully saturated rings. The molecule has 1 aromatic carbocycles. The first kappa shape index (κ1) is 12.0. The zero-order chi connectivity index (χ0) is 12.4. The quantitative estimate of drug-likeness (QED) is 0.888. The molecule has 17 heavy (non-hydrogen) atoms. The van der Waals surface area contributed by atoms with Crippen LogP contribution in [-0.2, 0) is 6.54 Å². The van der Waals surface area contributed by atoms with Gasteiger partial charge in [0.25, 0.3) is 0 Å². The number of hydrogen-bond donors (Lipinski definition) is 1. The van der Waals surface area contributed by atoms with E-state index in [1.165, 1.54) is 6.07 Å². The van der Waals surface area contributed by atoms with E-state index < -0.39 is 0 Å². The molecule has 0 amide bonds. The molecule has 4 heteroatoms. The molecule has 0 aliphatic rings. The monoisotopic (exact) mass is 250 g/mol. The number of rotatable bonds is 2. The van der Waals surface area contributed by atoms with Gasteiger partial charge in [-0.2, -0.15) is 0 Å². The number of pyridine rings is 1. The van der Waals surface area contributed by atoms with E-state index >= 15 is 0 Å². The van der Waals surface area contributed by atoms with Gasteiger partial charge in [0.15, 0.2) is 0 Å². The second kappa shape index (κ2) is 4.82. The number of benzene rings is 1. The van der Waals surface area contributed by atoms with Crippen molar-refractivity contribution >= 4 is 11.6 Å². The molecule has 0 atom stereocenters. The molecular formula is C13H12ClFN2. The SMILES string of the molecule is Cc1cc(-c2cncc(CN)c2)c(Cl)cc1F. The lowest BCUT2D eigenvalue weighted by Crippen LogP contribution is -1.97. The van der Waals surface area contributed by atoms with Crippen molar-refractivity contribution in [2.45, 2.75) is 13.5 Å². The molecule has 0 unspecified atom stereocenters. The third-order valence-electron chi connectivity index (χ3n) is 2.59. The van der Waals surface area contributed by atoms with Gasteiger partial charge in [0.2, 0.25) is 0 Å². The third-order valence-corrected chi connectivity index (χ3v) is 2.90. The molecular weight excluding hydrogens is 239 g/mol. The van der Waals surface area contributed by atoms with Crippen LogP contribution >= 0.6 is 11.6 Å². The first-order valence-corrected chi connectivity index (χ1v) is 5.59. The van der Waals surface area contributed by atoms with E-state index in [1.54, 1.807) is 25.4 Å². The Labute approximate surface area is 104 Å². The summed E-state index contributed by atoms with van der Waals surface area (Å²) in [7, 11) is 0. The summed E-state index contributed by atoms with van der Waals surface area (Å²) < 4.78 is 13.3. The lowest BCUT2D eigenvalue weighted by Gasteiger charge is -2.07. The van der Waals surface area contributed by atoms with Gasteiger partial charge in [0, 0.05) is 30.1 Å². The van der Waals surface area contributed by atoms with E-state index in [1.807, 2.05) is 6.07 Å². The molecule has 0 aliphatic carbocycles. The minimum absolute atomic E-state index is 0.304. The number of nitrogens with zero attached hydrogens (tertiary/aromatic N) is 1. The highest BCUT2D eigenvalue weighted by molar-refractivity contribution is 6.33. The third kappa shape index (κ3) is 2.46. The fourth-order valence-corrected chi connectivity index (χ4v) is 1.88. The minimum atomic E-state index is -0.304. The fraction of sp³-hybridized carbons (Fsp3) is 0.154. The molecule has 1 heterocycles. The van der Waals surface area contributed by atoms with Crippen LogP contribution in [0.2, 0.25) is 5.02 Å². The van der Waals surface area contributed by atoms with Gasteiger partial charge >= 0.3 is 0 Å². The van der Waals surface area contributed by atoms with E-state index in [0.717, 1.165) is 16.7 Å². The Morgan fingerprint density at radius 3 is 2.76 bits per heavy atom. The molecule has 88 valence electrons. The zero-order valence-corrected chi connectivity index (χ0v) is 10.1. The smallest absolute Gasteiger partial charge is 0.127 e. The van der Waals surface area contributed by atoms with Crippen LogP contribution in [0.4, 0.5) is 4.39 Å². The van der Waals surface area contributed by atoms with Gasteiger partial charge in [-0.25, -0.2) is 4.39 Å². The Kier molecular flexibility index (Phi) is 3.41. The number of nitrogens with two attached hydrogens (primary N) is 1. The number of hydrogen-bond acceptors (Lipinski definition) is 2. The van der Waals surface area contributed by atoms with Gasteiger partial charge in [-0.05, 0) is 36.2 Å². The van der Waals surface area contributed by atoms with Crippen molar-refractivity contribution in [3.05, 3.63) is 52.6 Å². The maximum Gasteiger partial charge on any atom is 0.127 e. The Morgan fingerprint density at radius 2 is 2.06 bits per heavy atom. The predicted molar refractivity (Wildman–Crippen MR) is 67.3 cm³/mol. The van der Waals surface area contributed by atoms with Gasteiger partial charge in [0.05, 0.1) is 5.02 Å². The van der Waals surface area contributed by atoms with Gasteiger partial charge < -0.3 is 5.73 Å². The Bertz CT molecular complexity index is 555. The van der Waals surface area contributed by atoms with Crippen molar-refractivity contribution in [2.75, 3.05) is 0 Å². The van der Waals surface area contributed by atoms with Crippen LogP contribution in [-0.4, -0.2) is 4.98 Å². The topological polar surface area (TPSA) is 38.9 Å². The maximum absolute atomic E-state index is 13.3. The highest BCUT2D eigenvalue weighted by atomic mass is 35.5. The summed E-state index contributed by atoms with van der Waals surface area (Å²) >= 11 is 6.03. The number of halogens is 2. The first-order chi connectivity index (χ1) is 8.11. The molecule has 0 saturated carbocycles. The van der Waals surface area contributed by atoms with Crippen molar-refractivity contribution in [1.29, 1.82) is 0 Å². The van der Waals surface area contributed by atoms with E-state index in [2.05, 4.69) is 4.98 Å². The van der Waals surface area contributed by atoms with Crippen LogP contribution < -0.4 is 5.73 Å². The summed E-state index contributed by atoms with van der Waals surface area (Å²) in [6.45, 7) is 2.12. The predicted octanol–water partition coefficient (Wildman–Crippen LogP) is 3.31. The van der Waals surface area contributed by atoms with Crippen LogP contribution in [0.15, 0.2) is 30.6 Å². The average Bonchev–Trinajstić information content (AvgIpc) is 2.34. The van der Waals surface area contributed by atoms with Gasteiger partial charge in [-0.1, -0.05) is 11.6 Å². The summed E-state index contributed by atoms with van der Waals surface area (Å²) in [5, 5.41) is 0.379. The summed E-state index contributed by atoms with van der Waals surface area (Å²) in [4.78, 5) is 4.09. The van der Waals surface area contributed by atoms with Crippen LogP contribution in [0.5, 0.6) is 0 Å². The van der Waals surface area contributed by atoms with Crippen molar-refractivity contribution in [2.24, 2.45) is 5.73 Å². The molecule has 2 aromatic rings. The second-order valence-corrected chi connectivity index (χ2v) is 4.27. The standard InChI is InChI=1S/C13H12ClFN2/c1-8-2-11(12(14)4-13(8)15)10-3-9(5-16)6-17-7-10/h2-4,6-7H,5,16H2,1H3. The summed E-state index contributed by atoms with van der Waals surface area (Å²) in [6.07, 6.45) is 3.39. The summed E-state index contributed by atoms with van der Waals surface area (Å²) in [5.74, 6) is -0.304. The van der Waals surface area contributed by atoms with Crippen LogP contribution in [0.3, 0.4) is 0 Å². The zero-order valence-electron chi connectivity index (χ0n) is 9.37. The second-order valence-electron chi connectivity index (χ2n) is 3.87. The van der Waals surface area contributed by atoms with Crippen molar-refractivity contribution < 1.29 is 4.39 Å². The van der Waals surface area contributed by atoms with Gasteiger partial charge in [-0.15, -0.1) is 0 Å². The number of aryl methyl sites for hydroxylation is 1. The fourth-order valence-electron chi connectivity index (χ4n) is 1.62.